The van der Waals surface area contributed by atoms with E-state index in [1.165, 1.54) is 0 Å². The number of rotatable bonds is 1. The fourth-order valence-electron chi connectivity index (χ4n) is 2.69. The molecule has 1 aromatic heterocycles. The number of piperazine rings is 1. The van der Waals surface area contributed by atoms with E-state index in [0.717, 1.165) is 10.9 Å². The van der Waals surface area contributed by atoms with Gasteiger partial charge in [0.25, 0.3) is 5.91 Å². The van der Waals surface area contributed by atoms with Gasteiger partial charge in [-0.05, 0) is 32.0 Å². The molecule has 21 heavy (non-hydrogen) atoms. The molecule has 1 fully saturated rings. The molecule has 2 amide bonds. The van der Waals surface area contributed by atoms with Gasteiger partial charge in [0.05, 0.1) is 5.52 Å². The highest BCUT2D eigenvalue weighted by Gasteiger charge is 2.40. The zero-order valence-corrected chi connectivity index (χ0v) is 12.1. The van der Waals surface area contributed by atoms with Crippen molar-refractivity contribution in [1.82, 2.24) is 15.2 Å². The van der Waals surface area contributed by atoms with E-state index in [4.69, 9.17) is 0 Å². The Morgan fingerprint density at radius 3 is 2.90 bits per heavy atom. The number of aromatic nitrogens is 1. The summed E-state index contributed by atoms with van der Waals surface area (Å²) in [5.74, 6) is -0.256. The summed E-state index contributed by atoms with van der Waals surface area (Å²) in [5, 5.41) is 3.61. The number of benzene rings is 1. The summed E-state index contributed by atoms with van der Waals surface area (Å²) in [6.45, 7) is 4.52. The van der Waals surface area contributed by atoms with Crippen molar-refractivity contribution in [3.8, 4) is 0 Å². The van der Waals surface area contributed by atoms with Gasteiger partial charge in [0, 0.05) is 30.2 Å². The van der Waals surface area contributed by atoms with Gasteiger partial charge in [-0.2, -0.15) is 0 Å². The Morgan fingerprint density at radius 1 is 1.29 bits per heavy atom. The van der Waals surface area contributed by atoms with Crippen molar-refractivity contribution in [2.75, 3.05) is 13.1 Å². The summed E-state index contributed by atoms with van der Waals surface area (Å²) in [6.07, 6.45) is 1.70. The van der Waals surface area contributed by atoms with E-state index >= 15 is 0 Å². The Morgan fingerprint density at radius 2 is 2.10 bits per heavy atom. The molecule has 0 saturated carbocycles. The lowest BCUT2D eigenvalue weighted by Crippen LogP contribution is -2.63. The van der Waals surface area contributed by atoms with Gasteiger partial charge < -0.3 is 10.2 Å². The second-order valence-corrected chi connectivity index (χ2v) is 5.65. The summed E-state index contributed by atoms with van der Waals surface area (Å²) in [7, 11) is 0. The van der Waals surface area contributed by atoms with Crippen LogP contribution < -0.4 is 5.32 Å². The van der Waals surface area contributed by atoms with Crippen LogP contribution >= 0.6 is 0 Å². The maximum atomic E-state index is 12.9. The summed E-state index contributed by atoms with van der Waals surface area (Å²) in [5.41, 5.74) is 0.519. The Balaban J connectivity index is 2.06. The van der Waals surface area contributed by atoms with Crippen LogP contribution in [0.2, 0.25) is 0 Å². The lowest BCUT2D eigenvalue weighted by Gasteiger charge is -2.41. The van der Waals surface area contributed by atoms with Gasteiger partial charge in [-0.25, -0.2) is 0 Å². The van der Waals surface area contributed by atoms with Crippen LogP contribution in [0.1, 0.15) is 24.2 Å². The number of carbonyl (C=O) groups excluding carboxylic acids is 2. The summed E-state index contributed by atoms with van der Waals surface area (Å²) < 4.78 is 0. The molecule has 1 aliphatic rings. The highest BCUT2D eigenvalue weighted by atomic mass is 16.2. The van der Waals surface area contributed by atoms with E-state index in [-0.39, 0.29) is 11.8 Å². The van der Waals surface area contributed by atoms with Gasteiger partial charge in [0.2, 0.25) is 5.91 Å². The van der Waals surface area contributed by atoms with Gasteiger partial charge in [0.1, 0.15) is 5.54 Å². The predicted octanol–water partition coefficient (Wildman–Crippen LogP) is 1.59. The molecule has 3 rings (SSSR count). The van der Waals surface area contributed by atoms with Crippen molar-refractivity contribution in [3.63, 3.8) is 0 Å². The zero-order chi connectivity index (χ0) is 15.0. The third kappa shape index (κ3) is 2.14. The lowest BCUT2D eigenvalue weighted by molar-refractivity contribution is -0.133. The Kier molecular flexibility index (Phi) is 3.12. The molecule has 1 N–H and O–H groups in total. The number of fused-ring (bicyclic) bond motifs is 1. The van der Waals surface area contributed by atoms with E-state index in [1.807, 2.05) is 24.3 Å². The highest BCUT2D eigenvalue weighted by molar-refractivity contribution is 6.08. The van der Waals surface area contributed by atoms with Gasteiger partial charge in [-0.15, -0.1) is 0 Å². The molecule has 0 spiro atoms. The lowest BCUT2D eigenvalue weighted by atomic mass is 9.96. The van der Waals surface area contributed by atoms with Crippen molar-refractivity contribution < 1.29 is 9.59 Å². The van der Waals surface area contributed by atoms with Crippen molar-refractivity contribution in [2.24, 2.45) is 0 Å². The third-order valence-corrected chi connectivity index (χ3v) is 3.97. The second-order valence-electron chi connectivity index (χ2n) is 5.65. The van der Waals surface area contributed by atoms with Crippen LogP contribution in [0.5, 0.6) is 0 Å². The van der Waals surface area contributed by atoms with Crippen LogP contribution in [0.3, 0.4) is 0 Å². The maximum absolute atomic E-state index is 12.9. The first-order valence-corrected chi connectivity index (χ1v) is 6.96. The van der Waals surface area contributed by atoms with Gasteiger partial charge >= 0.3 is 0 Å². The van der Waals surface area contributed by atoms with Crippen LogP contribution in [0, 0.1) is 0 Å². The molecule has 108 valence electrons. The van der Waals surface area contributed by atoms with Gasteiger partial charge in [-0.1, -0.05) is 12.1 Å². The largest absolute Gasteiger partial charge is 0.352 e. The molecule has 1 aromatic carbocycles. The molecule has 0 atom stereocenters. The van der Waals surface area contributed by atoms with Gasteiger partial charge in [-0.3, -0.25) is 14.6 Å². The molecule has 0 bridgehead atoms. The number of nitrogens with zero attached hydrogens (tertiary/aromatic N) is 2. The normalized spacial score (nSPS) is 17.6. The first-order valence-electron chi connectivity index (χ1n) is 6.96. The number of amides is 2. The first kappa shape index (κ1) is 13.5. The van der Waals surface area contributed by atoms with Crippen molar-refractivity contribution in [3.05, 3.63) is 42.1 Å². The Labute approximate surface area is 123 Å². The number of hydrogen-bond acceptors (Lipinski definition) is 3. The summed E-state index contributed by atoms with van der Waals surface area (Å²) in [4.78, 5) is 30.8. The first-order chi connectivity index (χ1) is 10.0. The smallest absolute Gasteiger partial charge is 0.255 e. The predicted molar refractivity (Wildman–Crippen MR) is 79.9 cm³/mol. The van der Waals surface area contributed by atoms with E-state index in [0.29, 0.717) is 18.7 Å². The average Bonchev–Trinajstić information content (AvgIpc) is 2.49. The topological polar surface area (TPSA) is 62.3 Å². The summed E-state index contributed by atoms with van der Waals surface area (Å²) >= 11 is 0. The van der Waals surface area contributed by atoms with Crippen molar-refractivity contribution in [1.29, 1.82) is 0 Å². The summed E-state index contributed by atoms with van der Waals surface area (Å²) in [6, 6.07) is 9.18. The fourth-order valence-corrected chi connectivity index (χ4v) is 2.69. The Bertz CT molecular complexity index is 719. The fraction of sp³-hybridized carbons (Fsp3) is 0.312. The Hall–Kier alpha value is -2.43. The highest BCUT2D eigenvalue weighted by Crippen LogP contribution is 2.24. The van der Waals surface area contributed by atoms with Crippen LogP contribution in [-0.4, -0.2) is 40.3 Å². The van der Waals surface area contributed by atoms with Crippen LogP contribution in [0.25, 0.3) is 10.9 Å². The SMILES string of the molecule is CC1(C)C(=O)NCCN1C(=O)c1cccc2ncccc12. The average molecular weight is 283 g/mol. The molecule has 0 radical (unpaired) electrons. The van der Waals surface area contributed by atoms with E-state index < -0.39 is 5.54 Å². The van der Waals surface area contributed by atoms with Crippen LogP contribution in [0.15, 0.2) is 36.5 Å². The number of carbonyl (C=O) groups is 2. The molecule has 0 unspecified atom stereocenters. The minimum atomic E-state index is -0.848. The molecule has 0 aliphatic carbocycles. The quantitative estimate of drug-likeness (QED) is 0.864. The molecule has 2 heterocycles. The molecular formula is C16H17N3O2. The van der Waals surface area contributed by atoms with Crippen LogP contribution in [0.4, 0.5) is 0 Å². The second kappa shape index (κ2) is 4.84. The van der Waals surface area contributed by atoms with Crippen LogP contribution in [-0.2, 0) is 4.79 Å². The monoisotopic (exact) mass is 283 g/mol. The molecule has 1 aliphatic heterocycles. The minimum absolute atomic E-state index is 0.125. The molecule has 1 saturated heterocycles. The minimum Gasteiger partial charge on any atom is -0.352 e. The number of nitrogens with one attached hydrogen (secondary N) is 1. The molecule has 5 nitrogen and oxygen atoms in total. The van der Waals surface area contributed by atoms with Crippen molar-refractivity contribution >= 4 is 22.7 Å². The molecule has 2 aromatic rings. The van der Waals surface area contributed by atoms with Gasteiger partial charge in [0.15, 0.2) is 0 Å². The third-order valence-electron chi connectivity index (χ3n) is 3.97. The standard InChI is InChI=1S/C16H17N3O2/c1-16(2)15(21)18-9-10-19(16)14(20)12-5-3-7-13-11(12)6-4-8-17-13/h3-8H,9-10H2,1-2H3,(H,18,21). The van der Waals surface area contributed by atoms with E-state index in [9.17, 15) is 9.59 Å². The number of hydrogen-bond donors (Lipinski definition) is 1. The molecular weight excluding hydrogens is 266 g/mol. The molecule has 5 heteroatoms. The maximum Gasteiger partial charge on any atom is 0.255 e. The zero-order valence-electron chi connectivity index (χ0n) is 12.1. The van der Waals surface area contributed by atoms with Crippen molar-refractivity contribution in [2.45, 2.75) is 19.4 Å². The number of pyridine rings is 1. The van der Waals surface area contributed by atoms with E-state index in [2.05, 4.69) is 10.3 Å². The van der Waals surface area contributed by atoms with E-state index in [1.54, 1.807) is 31.0 Å².